The van der Waals surface area contributed by atoms with Crippen molar-refractivity contribution in [1.82, 2.24) is 20.4 Å². The standard InChI is InChI=1S/C14H24N4O3/c1-4-6-11(7-13(19)20)16-14(21)15-8-10-9-18(3)17-12(10)5-2/h9,11H,4-8H2,1-3H3,(H,19,20)(H2,15,16,21). The normalized spacial score (nSPS) is 12.0. The van der Waals surface area contributed by atoms with E-state index >= 15 is 0 Å². The van der Waals surface area contributed by atoms with E-state index < -0.39 is 5.97 Å². The van der Waals surface area contributed by atoms with Gasteiger partial charge in [0, 0.05) is 31.4 Å². The summed E-state index contributed by atoms with van der Waals surface area (Å²) in [7, 11) is 1.84. The number of aliphatic carboxylic acids is 1. The molecule has 0 saturated heterocycles. The minimum Gasteiger partial charge on any atom is -0.481 e. The van der Waals surface area contributed by atoms with Crippen LogP contribution in [0.5, 0.6) is 0 Å². The summed E-state index contributed by atoms with van der Waals surface area (Å²) in [6.45, 7) is 4.35. The zero-order valence-electron chi connectivity index (χ0n) is 12.8. The Bertz CT molecular complexity index is 485. The van der Waals surface area contributed by atoms with E-state index in [0.717, 1.165) is 24.1 Å². The second kappa shape index (κ2) is 8.28. The molecule has 1 atom stereocenters. The lowest BCUT2D eigenvalue weighted by molar-refractivity contribution is -0.137. The Morgan fingerprint density at radius 1 is 1.43 bits per heavy atom. The van der Waals surface area contributed by atoms with Crippen LogP contribution in [0.15, 0.2) is 6.20 Å². The number of nitrogens with zero attached hydrogens (tertiary/aromatic N) is 2. The molecule has 1 rings (SSSR count). The summed E-state index contributed by atoms with van der Waals surface area (Å²) in [4.78, 5) is 22.6. The van der Waals surface area contributed by atoms with Gasteiger partial charge in [-0.1, -0.05) is 20.3 Å². The first-order valence-electron chi connectivity index (χ1n) is 7.23. The third kappa shape index (κ3) is 5.85. The molecule has 7 nitrogen and oxygen atoms in total. The second-order valence-electron chi connectivity index (χ2n) is 5.04. The number of carboxylic acids is 1. The van der Waals surface area contributed by atoms with Crippen LogP contribution in [0.4, 0.5) is 4.79 Å². The summed E-state index contributed by atoms with van der Waals surface area (Å²) in [6, 6.07) is -0.687. The van der Waals surface area contributed by atoms with E-state index in [-0.39, 0.29) is 18.5 Å². The quantitative estimate of drug-likeness (QED) is 0.676. The van der Waals surface area contributed by atoms with Crippen molar-refractivity contribution in [2.24, 2.45) is 7.05 Å². The van der Waals surface area contributed by atoms with Crippen LogP contribution in [0.2, 0.25) is 0 Å². The van der Waals surface area contributed by atoms with Crippen molar-refractivity contribution in [3.63, 3.8) is 0 Å². The summed E-state index contributed by atoms with van der Waals surface area (Å²) >= 11 is 0. The third-order valence-electron chi connectivity index (χ3n) is 3.16. The molecule has 3 N–H and O–H groups in total. The third-order valence-corrected chi connectivity index (χ3v) is 3.16. The molecule has 1 unspecified atom stereocenters. The van der Waals surface area contributed by atoms with Crippen LogP contribution in [0, 0.1) is 0 Å². The molecule has 118 valence electrons. The average molecular weight is 296 g/mol. The minimum absolute atomic E-state index is 0.0611. The van der Waals surface area contributed by atoms with Gasteiger partial charge in [0.15, 0.2) is 0 Å². The first-order valence-corrected chi connectivity index (χ1v) is 7.23. The molecule has 0 fully saturated rings. The fraction of sp³-hybridized carbons (Fsp3) is 0.643. The Hall–Kier alpha value is -2.05. The van der Waals surface area contributed by atoms with Crippen molar-refractivity contribution < 1.29 is 14.7 Å². The molecular formula is C14H24N4O3. The van der Waals surface area contributed by atoms with Crippen LogP contribution in [0.1, 0.15) is 44.4 Å². The largest absolute Gasteiger partial charge is 0.481 e. The first kappa shape index (κ1) is 17.0. The molecule has 1 aromatic rings. The molecule has 1 aromatic heterocycles. The highest BCUT2D eigenvalue weighted by molar-refractivity contribution is 5.75. The van der Waals surface area contributed by atoms with Gasteiger partial charge in [-0.25, -0.2) is 4.79 Å². The fourth-order valence-electron chi connectivity index (χ4n) is 2.23. The topological polar surface area (TPSA) is 96.3 Å². The van der Waals surface area contributed by atoms with Crippen molar-refractivity contribution in [1.29, 1.82) is 0 Å². The summed E-state index contributed by atoms with van der Waals surface area (Å²) < 4.78 is 1.72. The van der Waals surface area contributed by atoms with Gasteiger partial charge >= 0.3 is 12.0 Å². The zero-order valence-corrected chi connectivity index (χ0v) is 12.8. The number of aryl methyl sites for hydroxylation is 2. The Kier molecular flexibility index (Phi) is 6.71. The van der Waals surface area contributed by atoms with Gasteiger partial charge in [-0.2, -0.15) is 5.10 Å². The molecule has 1 heterocycles. The predicted octanol–water partition coefficient (Wildman–Crippen LogP) is 1.43. The van der Waals surface area contributed by atoms with E-state index in [9.17, 15) is 9.59 Å². The van der Waals surface area contributed by atoms with E-state index in [0.29, 0.717) is 13.0 Å². The second-order valence-corrected chi connectivity index (χ2v) is 5.04. The lowest BCUT2D eigenvalue weighted by atomic mass is 10.1. The molecule has 0 aliphatic rings. The molecule has 0 aliphatic carbocycles. The lowest BCUT2D eigenvalue weighted by Gasteiger charge is -2.16. The number of carbonyl (C=O) groups is 2. The van der Waals surface area contributed by atoms with Crippen LogP contribution >= 0.6 is 0 Å². The molecule has 21 heavy (non-hydrogen) atoms. The van der Waals surface area contributed by atoms with Gasteiger partial charge in [-0.05, 0) is 12.8 Å². The summed E-state index contributed by atoms with van der Waals surface area (Å²) in [5.41, 5.74) is 1.92. The van der Waals surface area contributed by atoms with Gasteiger partial charge in [0.05, 0.1) is 12.1 Å². The maximum Gasteiger partial charge on any atom is 0.315 e. The molecule has 0 aliphatic heterocycles. The van der Waals surface area contributed by atoms with Crippen LogP contribution in [-0.4, -0.2) is 32.9 Å². The van der Waals surface area contributed by atoms with Gasteiger partial charge in [0.1, 0.15) is 0 Å². The number of hydrogen-bond donors (Lipinski definition) is 3. The predicted molar refractivity (Wildman–Crippen MR) is 78.9 cm³/mol. The van der Waals surface area contributed by atoms with Gasteiger partial charge in [-0.3, -0.25) is 9.48 Å². The van der Waals surface area contributed by atoms with Crippen molar-refractivity contribution in [2.45, 2.75) is 52.1 Å². The molecule has 0 radical (unpaired) electrons. The highest BCUT2D eigenvalue weighted by atomic mass is 16.4. The zero-order chi connectivity index (χ0) is 15.8. The number of rotatable bonds is 8. The monoisotopic (exact) mass is 296 g/mol. The highest BCUT2D eigenvalue weighted by Crippen LogP contribution is 2.07. The Balaban J connectivity index is 2.50. The molecule has 0 spiro atoms. The van der Waals surface area contributed by atoms with Crippen LogP contribution in [-0.2, 0) is 24.8 Å². The number of hydrogen-bond acceptors (Lipinski definition) is 3. The van der Waals surface area contributed by atoms with Crippen molar-refractivity contribution in [2.75, 3.05) is 0 Å². The minimum atomic E-state index is -0.908. The maximum atomic E-state index is 11.8. The Labute approximate surface area is 124 Å². The van der Waals surface area contributed by atoms with Crippen LogP contribution < -0.4 is 10.6 Å². The van der Waals surface area contributed by atoms with Crippen molar-refractivity contribution >= 4 is 12.0 Å². The Morgan fingerprint density at radius 3 is 2.71 bits per heavy atom. The number of urea groups is 1. The lowest BCUT2D eigenvalue weighted by Crippen LogP contribution is -2.42. The van der Waals surface area contributed by atoms with Gasteiger partial charge < -0.3 is 15.7 Å². The first-order chi connectivity index (χ1) is 9.96. The molecule has 0 bridgehead atoms. The smallest absolute Gasteiger partial charge is 0.315 e. The summed E-state index contributed by atoms with van der Waals surface area (Å²) in [5.74, 6) is -0.908. The number of nitrogens with one attached hydrogen (secondary N) is 2. The molecule has 0 aromatic carbocycles. The molecular weight excluding hydrogens is 272 g/mol. The van der Waals surface area contributed by atoms with Crippen LogP contribution in [0.25, 0.3) is 0 Å². The van der Waals surface area contributed by atoms with Gasteiger partial charge in [0.25, 0.3) is 0 Å². The van der Waals surface area contributed by atoms with E-state index in [2.05, 4.69) is 15.7 Å². The van der Waals surface area contributed by atoms with E-state index in [1.165, 1.54) is 0 Å². The van der Waals surface area contributed by atoms with E-state index in [1.54, 1.807) is 4.68 Å². The van der Waals surface area contributed by atoms with Crippen molar-refractivity contribution in [3.05, 3.63) is 17.5 Å². The van der Waals surface area contributed by atoms with E-state index in [4.69, 9.17) is 5.11 Å². The van der Waals surface area contributed by atoms with Gasteiger partial charge in [-0.15, -0.1) is 0 Å². The summed E-state index contributed by atoms with van der Waals surface area (Å²) in [6.07, 6.45) is 4.08. The SMILES string of the molecule is CCCC(CC(=O)O)NC(=O)NCc1cn(C)nc1CC. The van der Waals surface area contributed by atoms with Gasteiger partial charge in [0.2, 0.25) is 0 Å². The molecule has 2 amide bonds. The van der Waals surface area contributed by atoms with E-state index in [1.807, 2.05) is 27.1 Å². The number of amides is 2. The van der Waals surface area contributed by atoms with Crippen molar-refractivity contribution in [3.8, 4) is 0 Å². The molecule has 0 saturated carbocycles. The van der Waals surface area contributed by atoms with Crippen LogP contribution in [0.3, 0.4) is 0 Å². The average Bonchev–Trinajstić information content (AvgIpc) is 2.76. The maximum absolute atomic E-state index is 11.8. The molecule has 7 heteroatoms. The Morgan fingerprint density at radius 2 is 2.14 bits per heavy atom. The number of carbonyl (C=O) groups excluding carboxylic acids is 1. The highest BCUT2D eigenvalue weighted by Gasteiger charge is 2.15. The number of carboxylic acid groups (broad SMARTS) is 1. The fourth-order valence-corrected chi connectivity index (χ4v) is 2.23. The summed E-state index contributed by atoms with van der Waals surface area (Å²) in [5, 5.41) is 18.6. The number of aromatic nitrogens is 2.